The van der Waals surface area contributed by atoms with Crippen LogP contribution >= 0.6 is 0 Å². The van der Waals surface area contributed by atoms with Crippen LogP contribution in [-0.2, 0) is 23.1 Å². The Morgan fingerprint density at radius 3 is 2.75 bits per heavy atom. The van der Waals surface area contributed by atoms with E-state index in [1.54, 1.807) is 7.11 Å². The highest BCUT2D eigenvalue weighted by Crippen LogP contribution is 2.23. The van der Waals surface area contributed by atoms with Gasteiger partial charge in [0.25, 0.3) is 0 Å². The molecule has 0 aliphatic heterocycles. The van der Waals surface area contributed by atoms with E-state index in [4.69, 9.17) is 4.74 Å². The summed E-state index contributed by atoms with van der Waals surface area (Å²) in [6.07, 6.45) is 2.59. The lowest BCUT2D eigenvalue weighted by atomic mass is 10.1. The van der Waals surface area contributed by atoms with Gasteiger partial charge >= 0.3 is 0 Å². The summed E-state index contributed by atoms with van der Waals surface area (Å²) in [4.78, 5) is 0. The van der Waals surface area contributed by atoms with E-state index in [0.717, 1.165) is 23.6 Å². The Labute approximate surface area is 124 Å². The first-order valence-corrected chi connectivity index (χ1v) is 8.81. The molecule has 3 nitrogen and oxygen atoms in total. The molecule has 0 heterocycles. The van der Waals surface area contributed by atoms with Gasteiger partial charge in [-0.25, -0.2) is 0 Å². The minimum atomic E-state index is -0.822. The molecule has 0 amide bonds. The molecule has 0 spiro atoms. The van der Waals surface area contributed by atoms with Gasteiger partial charge < -0.3 is 10.1 Å². The number of benzene rings is 1. The van der Waals surface area contributed by atoms with Crippen molar-refractivity contribution in [2.75, 3.05) is 12.9 Å². The topological polar surface area (TPSA) is 38.3 Å². The molecule has 20 heavy (non-hydrogen) atoms. The summed E-state index contributed by atoms with van der Waals surface area (Å²) in [7, 11) is 0.851. The molecule has 0 saturated heterocycles. The fourth-order valence-corrected chi connectivity index (χ4v) is 3.64. The van der Waals surface area contributed by atoms with E-state index in [9.17, 15) is 4.21 Å². The Bertz CT molecular complexity index is 470. The molecule has 1 N–H and O–H groups in total. The first-order chi connectivity index (χ1) is 9.58. The molecular weight excluding hydrogens is 270 g/mol. The number of nitrogens with one attached hydrogen (secondary N) is 1. The summed E-state index contributed by atoms with van der Waals surface area (Å²) >= 11 is 0. The maximum Gasteiger partial charge on any atom is 0.123 e. The average molecular weight is 295 g/mol. The quantitative estimate of drug-likeness (QED) is 0.801. The minimum Gasteiger partial charge on any atom is -0.496 e. The van der Waals surface area contributed by atoms with Crippen LogP contribution in [0.5, 0.6) is 5.75 Å². The van der Waals surface area contributed by atoms with Crippen molar-refractivity contribution in [1.82, 2.24) is 5.32 Å². The van der Waals surface area contributed by atoms with Crippen LogP contribution < -0.4 is 10.1 Å². The fourth-order valence-electron chi connectivity index (χ4n) is 2.21. The van der Waals surface area contributed by atoms with Gasteiger partial charge in [0.05, 0.1) is 12.9 Å². The lowest BCUT2D eigenvalue weighted by Crippen LogP contribution is -2.15. The van der Waals surface area contributed by atoms with Crippen LogP contribution in [0, 0.1) is 5.92 Å². The average Bonchev–Trinajstić information content (AvgIpc) is 3.19. The van der Waals surface area contributed by atoms with Crippen LogP contribution in [0.1, 0.15) is 37.8 Å². The van der Waals surface area contributed by atoms with Gasteiger partial charge in [-0.1, -0.05) is 19.9 Å². The molecule has 1 atom stereocenters. The van der Waals surface area contributed by atoms with Crippen molar-refractivity contribution < 1.29 is 8.95 Å². The molecule has 0 aromatic heterocycles. The Hall–Kier alpha value is -0.870. The molecule has 4 heteroatoms. The number of methoxy groups -OCH3 is 1. The third kappa shape index (κ3) is 4.91. The predicted molar refractivity (Wildman–Crippen MR) is 84.4 cm³/mol. The molecule has 1 aliphatic rings. The van der Waals surface area contributed by atoms with Gasteiger partial charge in [-0.15, -0.1) is 0 Å². The monoisotopic (exact) mass is 295 g/mol. The first kappa shape index (κ1) is 15.5. The molecule has 1 aromatic carbocycles. The highest BCUT2D eigenvalue weighted by atomic mass is 32.2. The number of hydrogen-bond donors (Lipinski definition) is 1. The Morgan fingerprint density at radius 1 is 1.40 bits per heavy atom. The van der Waals surface area contributed by atoms with E-state index < -0.39 is 10.8 Å². The second-order valence-electron chi connectivity index (χ2n) is 5.95. The summed E-state index contributed by atoms with van der Waals surface area (Å²) in [6, 6.07) is 6.91. The molecule has 1 saturated carbocycles. The van der Waals surface area contributed by atoms with Gasteiger partial charge in [0.2, 0.25) is 0 Å². The van der Waals surface area contributed by atoms with Crippen LogP contribution in [-0.4, -0.2) is 23.1 Å². The molecule has 1 fully saturated rings. The van der Waals surface area contributed by atoms with Gasteiger partial charge in [0.15, 0.2) is 0 Å². The number of hydrogen-bond acceptors (Lipinski definition) is 3. The normalized spacial score (nSPS) is 16.4. The van der Waals surface area contributed by atoms with Crippen LogP contribution in [0.25, 0.3) is 0 Å². The second kappa shape index (κ2) is 7.23. The third-order valence-corrected chi connectivity index (χ3v) is 5.02. The smallest absolute Gasteiger partial charge is 0.123 e. The van der Waals surface area contributed by atoms with Crippen LogP contribution in [0.4, 0.5) is 0 Å². The van der Waals surface area contributed by atoms with E-state index in [-0.39, 0.29) is 0 Å². The van der Waals surface area contributed by atoms with Crippen LogP contribution in [0.15, 0.2) is 18.2 Å². The van der Waals surface area contributed by atoms with Crippen molar-refractivity contribution >= 4 is 10.8 Å². The minimum absolute atomic E-state index is 0.460. The summed E-state index contributed by atoms with van der Waals surface area (Å²) < 4.78 is 17.5. The van der Waals surface area contributed by atoms with Crippen molar-refractivity contribution in [3.05, 3.63) is 29.3 Å². The summed E-state index contributed by atoms with van der Waals surface area (Å²) in [5, 5.41) is 3.51. The molecule has 2 rings (SSSR count). The van der Waals surface area contributed by atoms with Gasteiger partial charge in [-0.3, -0.25) is 4.21 Å². The van der Waals surface area contributed by atoms with Crippen molar-refractivity contribution in [3.63, 3.8) is 0 Å². The summed E-state index contributed by atoms with van der Waals surface area (Å²) in [5.41, 5.74) is 2.30. The molecule has 0 bridgehead atoms. The maximum atomic E-state index is 12.1. The summed E-state index contributed by atoms with van der Waals surface area (Å²) in [5.74, 6) is 2.63. The van der Waals surface area contributed by atoms with Gasteiger partial charge in [0, 0.05) is 34.7 Å². The fraction of sp³-hybridized carbons (Fsp3) is 0.625. The molecule has 1 aromatic rings. The zero-order valence-corrected chi connectivity index (χ0v) is 13.5. The standard InChI is InChI=1S/C16H25NO2S/c1-12(2)10-20(18)11-14-8-13(4-7-16(14)19-3)9-17-15-5-6-15/h4,7-8,12,15,17H,5-6,9-11H2,1-3H3. The molecular formula is C16H25NO2S. The molecule has 0 radical (unpaired) electrons. The summed E-state index contributed by atoms with van der Waals surface area (Å²) in [6.45, 7) is 5.09. The second-order valence-corrected chi connectivity index (χ2v) is 7.45. The van der Waals surface area contributed by atoms with Crippen molar-refractivity contribution in [3.8, 4) is 5.75 Å². The number of rotatable bonds is 8. The molecule has 1 aliphatic carbocycles. The lowest BCUT2D eigenvalue weighted by Gasteiger charge is -2.12. The largest absolute Gasteiger partial charge is 0.496 e. The van der Waals surface area contributed by atoms with E-state index in [0.29, 0.717) is 17.7 Å². The zero-order valence-electron chi connectivity index (χ0n) is 12.6. The number of ether oxygens (including phenoxy) is 1. The molecule has 1 unspecified atom stereocenters. The van der Waals surface area contributed by atoms with Gasteiger partial charge in [-0.05, 0) is 36.5 Å². The molecule has 112 valence electrons. The van der Waals surface area contributed by atoms with E-state index in [1.807, 2.05) is 6.07 Å². The Morgan fingerprint density at radius 2 is 2.15 bits per heavy atom. The van der Waals surface area contributed by atoms with Crippen molar-refractivity contribution in [2.24, 2.45) is 5.92 Å². The van der Waals surface area contributed by atoms with Crippen molar-refractivity contribution in [1.29, 1.82) is 0 Å². The van der Waals surface area contributed by atoms with Crippen molar-refractivity contribution in [2.45, 2.75) is 45.0 Å². The highest BCUT2D eigenvalue weighted by molar-refractivity contribution is 7.84. The van der Waals surface area contributed by atoms with Crippen LogP contribution in [0.2, 0.25) is 0 Å². The lowest BCUT2D eigenvalue weighted by molar-refractivity contribution is 0.411. The van der Waals surface area contributed by atoms with E-state index in [1.165, 1.54) is 18.4 Å². The third-order valence-electron chi connectivity index (χ3n) is 3.35. The predicted octanol–water partition coefficient (Wildman–Crippen LogP) is 2.85. The zero-order chi connectivity index (χ0) is 14.5. The first-order valence-electron chi connectivity index (χ1n) is 7.32. The van der Waals surface area contributed by atoms with E-state index >= 15 is 0 Å². The van der Waals surface area contributed by atoms with Gasteiger partial charge in [-0.2, -0.15) is 0 Å². The Kier molecular flexibility index (Phi) is 5.61. The van der Waals surface area contributed by atoms with Gasteiger partial charge in [0.1, 0.15) is 5.75 Å². The van der Waals surface area contributed by atoms with E-state index in [2.05, 4.69) is 31.3 Å². The Balaban J connectivity index is 2.02. The highest BCUT2D eigenvalue weighted by Gasteiger charge is 2.20. The van der Waals surface area contributed by atoms with Crippen LogP contribution in [0.3, 0.4) is 0 Å². The maximum absolute atomic E-state index is 12.1. The SMILES string of the molecule is COc1ccc(CNC2CC2)cc1CS(=O)CC(C)C.